The van der Waals surface area contributed by atoms with Crippen molar-refractivity contribution < 1.29 is 4.79 Å². The molecule has 2 rings (SSSR count). The third-order valence-electron chi connectivity index (χ3n) is 6.01. The van der Waals surface area contributed by atoms with E-state index >= 15 is 0 Å². The van der Waals surface area contributed by atoms with E-state index in [0.29, 0.717) is 17.7 Å². The SMILES string of the molecule is CCN(CC)CC1CCN(C(=O)CC(C)C2CCCNC2)CC1. The minimum absolute atomic E-state index is 0.393. The van der Waals surface area contributed by atoms with Crippen molar-refractivity contribution in [3.8, 4) is 0 Å². The minimum Gasteiger partial charge on any atom is -0.343 e. The van der Waals surface area contributed by atoms with Gasteiger partial charge in [-0.3, -0.25) is 4.79 Å². The van der Waals surface area contributed by atoms with Crippen LogP contribution in [0.2, 0.25) is 0 Å². The zero-order valence-corrected chi connectivity index (χ0v) is 15.5. The largest absolute Gasteiger partial charge is 0.343 e. The molecular formula is C19H37N3O. The van der Waals surface area contributed by atoms with Crippen LogP contribution in [-0.2, 0) is 4.79 Å². The number of rotatable bonds is 7. The van der Waals surface area contributed by atoms with Gasteiger partial charge in [0.15, 0.2) is 0 Å². The predicted octanol–water partition coefficient (Wildman–Crippen LogP) is 2.59. The van der Waals surface area contributed by atoms with E-state index in [1.54, 1.807) is 0 Å². The van der Waals surface area contributed by atoms with Crippen molar-refractivity contribution in [2.75, 3.05) is 45.8 Å². The van der Waals surface area contributed by atoms with Gasteiger partial charge in [0.05, 0.1) is 0 Å². The van der Waals surface area contributed by atoms with Crippen molar-refractivity contribution in [1.82, 2.24) is 15.1 Å². The van der Waals surface area contributed by atoms with Crippen molar-refractivity contribution in [1.29, 1.82) is 0 Å². The first-order valence-corrected chi connectivity index (χ1v) is 9.84. The van der Waals surface area contributed by atoms with Gasteiger partial charge in [-0.05, 0) is 69.6 Å². The first kappa shape index (κ1) is 18.7. The Labute approximate surface area is 143 Å². The number of hydrogen-bond acceptors (Lipinski definition) is 3. The van der Waals surface area contributed by atoms with E-state index in [1.807, 2.05) is 0 Å². The molecule has 4 nitrogen and oxygen atoms in total. The highest BCUT2D eigenvalue weighted by Crippen LogP contribution is 2.25. The molecule has 0 saturated carbocycles. The lowest BCUT2D eigenvalue weighted by Crippen LogP contribution is -2.43. The van der Waals surface area contributed by atoms with E-state index in [9.17, 15) is 4.79 Å². The van der Waals surface area contributed by atoms with Crippen LogP contribution in [-0.4, -0.2) is 61.5 Å². The van der Waals surface area contributed by atoms with Gasteiger partial charge in [0.1, 0.15) is 0 Å². The van der Waals surface area contributed by atoms with Gasteiger partial charge in [0, 0.05) is 26.1 Å². The molecule has 2 fully saturated rings. The molecule has 2 atom stereocenters. The molecule has 2 unspecified atom stereocenters. The van der Waals surface area contributed by atoms with Gasteiger partial charge in [-0.15, -0.1) is 0 Å². The van der Waals surface area contributed by atoms with Gasteiger partial charge >= 0.3 is 0 Å². The number of carbonyl (C=O) groups is 1. The molecule has 23 heavy (non-hydrogen) atoms. The maximum Gasteiger partial charge on any atom is 0.222 e. The minimum atomic E-state index is 0.393. The summed E-state index contributed by atoms with van der Waals surface area (Å²) >= 11 is 0. The molecule has 4 heteroatoms. The summed E-state index contributed by atoms with van der Waals surface area (Å²) in [5.74, 6) is 2.37. The first-order chi connectivity index (χ1) is 11.1. The molecule has 2 saturated heterocycles. The Balaban J connectivity index is 1.70. The second-order valence-electron chi connectivity index (χ2n) is 7.60. The van der Waals surface area contributed by atoms with E-state index < -0.39 is 0 Å². The van der Waals surface area contributed by atoms with Crippen LogP contribution < -0.4 is 5.32 Å². The highest BCUT2D eigenvalue weighted by atomic mass is 16.2. The average molecular weight is 324 g/mol. The van der Waals surface area contributed by atoms with Crippen LogP contribution in [0, 0.1) is 17.8 Å². The van der Waals surface area contributed by atoms with Crippen LogP contribution in [0.3, 0.4) is 0 Å². The molecule has 0 spiro atoms. The standard InChI is InChI=1S/C19H37N3O/c1-4-21(5-2)15-17-8-11-22(12-9-17)19(23)13-16(3)18-7-6-10-20-14-18/h16-18,20H,4-15H2,1-3H3. The molecule has 1 N–H and O–H groups in total. The normalized spacial score (nSPS) is 24.9. The Kier molecular flexibility index (Phi) is 7.84. The van der Waals surface area contributed by atoms with Crippen molar-refractivity contribution >= 4 is 5.91 Å². The van der Waals surface area contributed by atoms with E-state index in [1.165, 1.54) is 32.2 Å². The quantitative estimate of drug-likeness (QED) is 0.782. The number of hydrogen-bond donors (Lipinski definition) is 1. The smallest absolute Gasteiger partial charge is 0.222 e. The van der Waals surface area contributed by atoms with Crippen LogP contribution in [0.25, 0.3) is 0 Å². The Morgan fingerprint density at radius 2 is 1.91 bits per heavy atom. The monoisotopic (exact) mass is 323 g/mol. The summed E-state index contributed by atoms with van der Waals surface area (Å²) in [5, 5.41) is 3.47. The fourth-order valence-electron chi connectivity index (χ4n) is 4.15. The van der Waals surface area contributed by atoms with Crippen molar-refractivity contribution in [2.45, 2.75) is 52.9 Å². The topological polar surface area (TPSA) is 35.6 Å². The highest BCUT2D eigenvalue weighted by Gasteiger charge is 2.27. The summed E-state index contributed by atoms with van der Waals surface area (Å²) in [6.45, 7) is 14.4. The van der Waals surface area contributed by atoms with Crippen molar-refractivity contribution in [2.24, 2.45) is 17.8 Å². The van der Waals surface area contributed by atoms with Crippen molar-refractivity contribution in [3.05, 3.63) is 0 Å². The third-order valence-corrected chi connectivity index (χ3v) is 6.01. The maximum atomic E-state index is 12.6. The van der Waals surface area contributed by atoms with E-state index in [-0.39, 0.29) is 0 Å². The van der Waals surface area contributed by atoms with Crippen molar-refractivity contribution in [3.63, 3.8) is 0 Å². The third kappa shape index (κ3) is 5.75. The Morgan fingerprint density at radius 1 is 1.22 bits per heavy atom. The Morgan fingerprint density at radius 3 is 2.48 bits per heavy atom. The lowest BCUT2D eigenvalue weighted by Gasteiger charge is -2.35. The van der Waals surface area contributed by atoms with Gasteiger partial charge in [0.2, 0.25) is 5.91 Å². The fourth-order valence-corrected chi connectivity index (χ4v) is 4.15. The summed E-state index contributed by atoms with van der Waals surface area (Å²) in [6, 6.07) is 0. The molecule has 0 radical (unpaired) electrons. The van der Waals surface area contributed by atoms with Crippen LogP contribution in [0.5, 0.6) is 0 Å². The van der Waals surface area contributed by atoms with Crippen LogP contribution in [0.4, 0.5) is 0 Å². The summed E-state index contributed by atoms with van der Waals surface area (Å²) in [7, 11) is 0. The molecule has 2 aliphatic rings. The molecule has 0 aromatic heterocycles. The number of likely N-dealkylation sites (tertiary alicyclic amines) is 1. The highest BCUT2D eigenvalue weighted by molar-refractivity contribution is 5.76. The Bertz CT molecular complexity index is 343. The number of piperidine rings is 2. The van der Waals surface area contributed by atoms with Crippen LogP contribution in [0.15, 0.2) is 0 Å². The van der Waals surface area contributed by atoms with E-state index in [4.69, 9.17) is 0 Å². The van der Waals surface area contributed by atoms with Gasteiger partial charge in [-0.1, -0.05) is 20.8 Å². The van der Waals surface area contributed by atoms with Gasteiger partial charge in [-0.2, -0.15) is 0 Å². The molecule has 134 valence electrons. The van der Waals surface area contributed by atoms with Gasteiger partial charge in [0.25, 0.3) is 0 Å². The molecule has 0 bridgehead atoms. The van der Waals surface area contributed by atoms with E-state index in [0.717, 1.165) is 51.6 Å². The lowest BCUT2D eigenvalue weighted by atomic mass is 9.85. The summed E-state index contributed by atoms with van der Waals surface area (Å²) in [4.78, 5) is 17.2. The molecule has 0 aromatic carbocycles. The molecule has 2 heterocycles. The number of carbonyl (C=O) groups excluding carboxylic acids is 1. The molecule has 0 aromatic rings. The predicted molar refractivity (Wildman–Crippen MR) is 96.5 cm³/mol. The average Bonchev–Trinajstić information content (AvgIpc) is 2.60. The number of nitrogens with one attached hydrogen (secondary N) is 1. The summed E-state index contributed by atoms with van der Waals surface area (Å²) < 4.78 is 0. The second-order valence-corrected chi connectivity index (χ2v) is 7.60. The zero-order valence-electron chi connectivity index (χ0n) is 15.5. The Hall–Kier alpha value is -0.610. The molecule has 2 aliphatic heterocycles. The summed E-state index contributed by atoms with van der Waals surface area (Å²) in [5.41, 5.74) is 0. The fraction of sp³-hybridized carbons (Fsp3) is 0.947. The molecule has 0 aliphatic carbocycles. The zero-order chi connectivity index (χ0) is 16.7. The first-order valence-electron chi connectivity index (χ1n) is 9.84. The van der Waals surface area contributed by atoms with Crippen LogP contribution >= 0.6 is 0 Å². The van der Waals surface area contributed by atoms with E-state index in [2.05, 4.69) is 35.9 Å². The second kappa shape index (κ2) is 9.63. The number of nitrogens with zero attached hydrogens (tertiary/aromatic N) is 2. The van der Waals surface area contributed by atoms with Gasteiger partial charge in [-0.25, -0.2) is 0 Å². The molecule has 1 amide bonds. The number of amides is 1. The summed E-state index contributed by atoms with van der Waals surface area (Å²) in [6.07, 6.45) is 5.66. The maximum absolute atomic E-state index is 12.6. The lowest BCUT2D eigenvalue weighted by molar-refractivity contribution is -0.134. The molecular weight excluding hydrogens is 286 g/mol. The van der Waals surface area contributed by atoms with Crippen LogP contribution in [0.1, 0.15) is 52.9 Å². The van der Waals surface area contributed by atoms with Gasteiger partial charge < -0.3 is 15.1 Å².